The Kier molecular flexibility index (Phi) is 5.10. The van der Waals surface area contributed by atoms with Crippen LogP contribution >= 0.6 is 12.6 Å². The molecule has 0 saturated heterocycles. The van der Waals surface area contributed by atoms with Crippen LogP contribution in [0.4, 0.5) is 5.69 Å². The molecule has 0 amide bonds. The average molecular weight is 286 g/mol. The van der Waals surface area contributed by atoms with Crippen molar-refractivity contribution >= 4 is 34.0 Å². The molecule has 6 heteroatoms. The summed E-state index contributed by atoms with van der Waals surface area (Å²) in [6, 6.07) is 7.19. The van der Waals surface area contributed by atoms with Gasteiger partial charge in [0.25, 0.3) is 0 Å². The second kappa shape index (κ2) is 6.15. The lowest BCUT2D eigenvalue weighted by Gasteiger charge is -2.20. The standard InChI is InChI=1S/C12H18N2O2S2/c1-4-14(2)12(9-17)10-5-7-11(8-6-10)13-18(3,15)16/h5-9,13,17H,4H2,1-3H3/b12-9-. The summed E-state index contributed by atoms with van der Waals surface area (Å²) >= 11 is 4.20. The van der Waals surface area contributed by atoms with Gasteiger partial charge in [-0.25, -0.2) is 8.42 Å². The van der Waals surface area contributed by atoms with E-state index >= 15 is 0 Å². The Labute approximate surface area is 114 Å². The van der Waals surface area contributed by atoms with Gasteiger partial charge >= 0.3 is 0 Å². The van der Waals surface area contributed by atoms with Crippen LogP contribution in [0.15, 0.2) is 29.7 Å². The molecule has 0 aliphatic rings. The van der Waals surface area contributed by atoms with Crippen LogP contribution in [0.2, 0.25) is 0 Å². The normalized spacial score (nSPS) is 12.3. The van der Waals surface area contributed by atoms with Gasteiger partial charge in [0, 0.05) is 25.0 Å². The smallest absolute Gasteiger partial charge is 0.229 e. The summed E-state index contributed by atoms with van der Waals surface area (Å²) in [4.78, 5) is 2.06. The summed E-state index contributed by atoms with van der Waals surface area (Å²) in [5.41, 5.74) is 2.54. The maximum absolute atomic E-state index is 11.1. The number of nitrogens with zero attached hydrogens (tertiary/aromatic N) is 1. The van der Waals surface area contributed by atoms with Gasteiger partial charge in [-0.2, -0.15) is 0 Å². The molecule has 0 radical (unpaired) electrons. The first-order valence-corrected chi connectivity index (χ1v) is 7.92. The highest BCUT2D eigenvalue weighted by Crippen LogP contribution is 2.21. The Balaban J connectivity index is 2.95. The molecule has 1 aromatic rings. The molecule has 0 bridgehead atoms. The van der Waals surface area contributed by atoms with Crippen molar-refractivity contribution in [3.8, 4) is 0 Å². The zero-order chi connectivity index (χ0) is 13.8. The van der Waals surface area contributed by atoms with Crippen molar-refractivity contribution in [3.05, 3.63) is 35.2 Å². The highest BCUT2D eigenvalue weighted by molar-refractivity contribution is 7.92. The first-order valence-electron chi connectivity index (χ1n) is 5.51. The molecule has 1 N–H and O–H groups in total. The molecule has 0 aliphatic heterocycles. The Bertz CT molecular complexity index is 522. The SMILES string of the molecule is CCN(C)/C(=C\S)c1ccc(NS(C)(=O)=O)cc1. The van der Waals surface area contributed by atoms with Gasteiger partial charge in [0.05, 0.1) is 6.26 Å². The van der Waals surface area contributed by atoms with E-state index in [-0.39, 0.29) is 0 Å². The molecule has 0 heterocycles. The van der Waals surface area contributed by atoms with Crippen molar-refractivity contribution in [2.24, 2.45) is 0 Å². The molecule has 18 heavy (non-hydrogen) atoms. The Morgan fingerprint density at radius 1 is 1.39 bits per heavy atom. The summed E-state index contributed by atoms with van der Waals surface area (Å²) in [5.74, 6) is 0. The molecule has 0 aromatic heterocycles. The third-order valence-corrected chi connectivity index (χ3v) is 3.34. The largest absolute Gasteiger partial charge is 0.374 e. The van der Waals surface area contributed by atoms with Gasteiger partial charge in [-0.1, -0.05) is 12.1 Å². The first-order chi connectivity index (χ1) is 8.37. The number of hydrogen-bond donors (Lipinski definition) is 2. The van der Waals surface area contributed by atoms with Gasteiger partial charge in [-0.15, -0.1) is 12.6 Å². The van der Waals surface area contributed by atoms with Crippen molar-refractivity contribution < 1.29 is 8.42 Å². The van der Waals surface area contributed by atoms with Gasteiger partial charge in [-0.3, -0.25) is 4.72 Å². The zero-order valence-corrected chi connectivity index (χ0v) is 12.4. The lowest BCUT2D eigenvalue weighted by molar-refractivity contribution is 0.510. The van der Waals surface area contributed by atoms with E-state index < -0.39 is 10.0 Å². The predicted octanol–water partition coefficient (Wildman–Crippen LogP) is 2.24. The van der Waals surface area contributed by atoms with Crippen molar-refractivity contribution in [1.82, 2.24) is 4.90 Å². The quantitative estimate of drug-likeness (QED) is 0.816. The third-order valence-electron chi connectivity index (χ3n) is 2.49. The zero-order valence-electron chi connectivity index (χ0n) is 10.7. The average Bonchev–Trinajstić information content (AvgIpc) is 2.30. The number of hydrogen-bond acceptors (Lipinski definition) is 4. The van der Waals surface area contributed by atoms with Crippen LogP contribution in [0, 0.1) is 0 Å². The molecule has 100 valence electrons. The van der Waals surface area contributed by atoms with E-state index in [2.05, 4.69) is 29.2 Å². The van der Waals surface area contributed by atoms with E-state index in [0.29, 0.717) is 5.69 Å². The maximum atomic E-state index is 11.1. The van der Waals surface area contributed by atoms with Crippen LogP contribution in [0.1, 0.15) is 12.5 Å². The van der Waals surface area contributed by atoms with Crippen molar-refractivity contribution in [1.29, 1.82) is 0 Å². The molecular formula is C12H18N2O2S2. The third kappa shape index (κ3) is 4.27. The number of sulfonamides is 1. The van der Waals surface area contributed by atoms with Gasteiger partial charge in [0.1, 0.15) is 0 Å². The number of benzene rings is 1. The fraction of sp³-hybridized carbons (Fsp3) is 0.333. The lowest BCUT2D eigenvalue weighted by atomic mass is 10.1. The number of rotatable bonds is 5. The monoisotopic (exact) mass is 286 g/mol. The summed E-state index contributed by atoms with van der Waals surface area (Å²) in [6.07, 6.45) is 1.13. The van der Waals surface area contributed by atoms with Gasteiger partial charge in [-0.05, 0) is 30.0 Å². The number of thiol groups is 1. The highest BCUT2D eigenvalue weighted by atomic mass is 32.2. The summed E-state index contributed by atoms with van der Waals surface area (Å²) in [5, 5.41) is 1.74. The first kappa shape index (κ1) is 14.9. The van der Waals surface area contributed by atoms with Crippen LogP contribution in [-0.4, -0.2) is 33.2 Å². The van der Waals surface area contributed by atoms with E-state index in [1.54, 1.807) is 17.5 Å². The van der Waals surface area contributed by atoms with Gasteiger partial charge in [0.2, 0.25) is 10.0 Å². The number of nitrogens with one attached hydrogen (secondary N) is 1. The summed E-state index contributed by atoms with van der Waals surface area (Å²) in [6.45, 7) is 2.92. The molecule has 1 rings (SSSR count). The van der Waals surface area contributed by atoms with Crippen LogP contribution in [-0.2, 0) is 10.0 Å². The molecule has 0 fully saturated rings. The summed E-state index contributed by atoms with van der Waals surface area (Å²) in [7, 11) is -1.25. The van der Waals surface area contributed by atoms with Crippen LogP contribution in [0.5, 0.6) is 0 Å². The fourth-order valence-electron chi connectivity index (χ4n) is 1.49. The molecule has 0 aliphatic carbocycles. The van der Waals surface area contributed by atoms with Crippen molar-refractivity contribution in [2.75, 3.05) is 24.6 Å². The minimum absolute atomic E-state index is 0.555. The molecule has 0 unspecified atom stereocenters. The number of anilines is 1. The van der Waals surface area contributed by atoms with Crippen LogP contribution in [0.3, 0.4) is 0 Å². The maximum Gasteiger partial charge on any atom is 0.229 e. The minimum Gasteiger partial charge on any atom is -0.374 e. The Morgan fingerprint density at radius 3 is 2.33 bits per heavy atom. The van der Waals surface area contributed by atoms with E-state index in [0.717, 1.165) is 24.1 Å². The Hall–Kier alpha value is -1.14. The van der Waals surface area contributed by atoms with E-state index in [1.165, 1.54) is 0 Å². The molecule has 0 spiro atoms. The molecular weight excluding hydrogens is 268 g/mol. The van der Waals surface area contributed by atoms with Crippen molar-refractivity contribution in [2.45, 2.75) is 6.92 Å². The molecule has 4 nitrogen and oxygen atoms in total. The second-order valence-corrected chi connectivity index (χ2v) is 5.99. The second-order valence-electron chi connectivity index (χ2n) is 3.98. The predicted molar refractivity (Wildman–Crippen MR) is 80.2 cm³/mol. The van der Waals surface area contributed by atoms with Crippen LogP contribution < -0.4 is 4.72 Å². The van der Waals surface area contributed by atoms with Crippen LogP contribution in [0.25, 0.3) is 5.70 Å². The van der Waals surface area contributed by atoms with Gasteiger partial charge in [0.15, 0.2) is 0 Å². The lowest BCUT2D eigenvalue weighted by Crippen LogP contribution is -2.15. The van der Waals surface area contributed by atoms with E-state index in [4.69, 9.17) is 0 Å². The van der Waals surface area contributed by atoms with Gasteiger partial charge < -0.3 is 4.90 Å². The topological polar surface area (TPSA) is 49.4 Å². The Morgan fingerprint density at radius 2 is 1.94 bits per heavy atom. The van der Waals surface area contributed by atoms with Crippen molar-refractivity contribution in [3.63, 3.8) is 0 Å². The summed E-state index contributed by atoms with van der Waals surface area (Å²) < 4.78 is 24.6. The van der Waals surface area contributed by atoms with E-state index in [1.807, 2.05) is 19.2 Å². The molecule has 0 saturated carbocycles. The highest BCUT2D eigenvalue weighted by Gasteiger charge is 2.06. The molecule has 0 atom stereocenters. The fourth-order valence-corrected chi connectivity index (χ4v) is 2.40. The van der Waals surface area contributed by atoms with E-state index in [9.17, 15) is 8.42 Å². The molecule has 1 aromatic carbocycles. The minimum atomic E-state index is -3.23.